The largest absolute Gasteiger partial charge is 0.492 e. The predicted molar refractivity (Wildman–Crippen MR) is 102 cm³/mol. The van der Waals surface area contributed by atoms with Gasteiger partial charge in [-0.25, -0.2) is 0 Å². The van der Waals surface area contributed by atoms with E-state index in [0.29, 0.717) is 24.6 Å². The summed E-state index contributed by atoms with van der Waals surface area (Å²) in [5.41, 5.74) is 1.47. The molecular weight excluding hydrogens is 358 g/mol. The second-order valence-electron chi connectivity index (χ2n) is 5.52. The van der Waals surface area contributed by atoms with Gasteiger partial charge in [-0.3, -0.25) is 14.3 Å². The molecule has 1 aromatic heterocycles. The Hall–Kier alpha value is -2.58. The lowest BCUT2D eigenvalue weighted by Gasteiger charge is -2.15. The van der Waals surface area contributed by atoms with Crippen LogP contribution >= 0.6 is 12.4 Å². The number of carbonyl (C=O) groups excluding carboxylic acids is 2. The summed E-state index contributed by atoms with van der Waals surface area (Å²) >= 11 is 0. The van der Waals surface area contributed by atoms with Gasteiger partial charge in [0.15, 0.2) is 0 Å². The Morgan fingerprint density at radius 1 is 1.35 bits per heavy atom. The number of hydrogen-bond donors (Lipinski definition) is 3. The summed E-state index contributed by atoms with van der Waals surface area (Å²) in [4.78, 5) is 23.3. The van der Waals surface area contributed by atoms with Crippen LogP contribution in [0.1, 0.15) is 18.5 Å². The van der Waals surface area contributed by atoms with Crippen LogP contribution in [-0.4, -0.2) is 41.8 Å². The van der Waals surface area contributed by atoms with Gasteiger partial charge in [0.2, 0.25) is 11.8 Å². The third-order valence-corrected chi connectivity index (χ3v) is 3.43. The van der Waals surface area contributed by atoms with Crippen LogP contribution < -0.4 is 20.7 Å². The highest BCUT2D eigenvalue weighted by atomic mass is 35.5. The summed E-state index contributed by atoms with van der Waals surface area (Å²) in [6.45, 7) is 2.13. The van der Waals surface area contributed by atoms with Crippen molar-refractivity contribution in [2.24, 2.45) is 7.05 Å². The first-order valence-electron chi connectivity index (χ1n) is 7.93. The fourth-order valence-electron chi connectivity index (χ4n) is 2.35. The van der Waals surface area contributed by atoms with Crippen molar-refractivity contribution in [1.29, 1.82) is 0 Å². The Balaban J connectivity index is 0.00000338. The number of nitrogens with one attached hydrogen (secondary N) is 3. The minimum absolute atomic E-state index is 0. The van der Waals surface area contributed by atoms with Gasteiger partial charge < -0.3 is 20.7 Å². The highest BCUT2D eigenvalue weighted by Gasteiger charge is 2.19. The normalized spacial score (nSPS) is 11.2. The minimum atomic E-state index is -0.461. The zero-order chi connectivity index (χ0) is 18.2. The van der Waals surface area contributed by atoms with E-state index in [4.69, 9.17) is 4.74 Å². The number of rotatable bonds is 8. The van der Waals surface area contributed by atoms with Crippen LogP contribution in [0.4, 0.5) is 5.69 Å². The lowest BCUT2D eigenvalue weighted by molar-refractivity contribution is -0.123. The third kappa shape index (κ3) is 6.38. The summed E-state index contributed by atoms with van der Waals surface area (Å²) < 4.78 is 7.25. The fourth-order valence-corrected chi connectivity index (χ4v) is 2.35. The van der Waals surface area contributed by atoms with Crippen molar-refractivity contribution >= 4 is 29.9 Å². The van der Waals surface area contributed by atoms with Gasteiger partial charge in [-0.15, -0.1) is 12.4 Å². The molecule has 1 unspecified atom stereocenters. The molecule has 0 bridgehead atoms. The van der Waals surface area contributed by atoms with Crippen molar-refractivity contribution in [2.75, 3.05) is 25.5 Å². The molecule has 0 aliphatic heterocycles. The number of hydrogen-bond acceptors (Lipinski definition) is 5. The molecule has 0 fully saturated rings. The second kappa shape index (κ2) is 10.4. The van der Waals surface area contributed by atoms with E-state index in [-0.39, 0.29) is 24.2 Å². The molecule has 2 amide bonds. The molecule has 2 rings (SSSR count). The number of aryl methyl sites for hydroxylation is 1. The molecule has 1 aromatic carbocycles. The molecule has 8 nitrogen and oxygen atoms in total. The van der Waals surface area contributed by atoms with E-state index >= 15 is 0 Å². The van der Waals surface area contributed by atoms with Crippen LogP contribution in [0.15, 0.2) is 36.7 Å². The van der Waals surface area contributed by atoms with Crippen molar-refractivity contribution in [3.05, 3.63) is 42.2 Å². The van der Waals surface area contributed by atoms with Crippen LogP contribution in [0.3, 0.4) is 0 Å². The molecule has 26 heavy (non-hydrogen) atoms. The van der Waals surface area contributed by atoms with Gasteiger partial charge >= 0.3 is 0 Å². The topological polar surface area (TPSA) is 97.3 Å². The monoisotopic (exact) mass is 381 g/mol. The predicted octanol–water partition coefficient (Wildman–Crippen LogP) is 1.26. The van der Waals surface area contributed by atoms with Crippen LogP contribution in [0, 0.1) is 0 Å². The van der Waals surface area contributed by atoms with E-state index in [2.05, 4.69) is 21.0 Å². The highest BCUT2D eigenvalue weighted by Crippen LogP contribution is 2.17. The van der Waals surface area contributed by atoms with Crippen molar-refractivity contribution in [3.63, 3.8) is 0 Å². The fraction of sp³-hybridized carbons (Fsp3) is 0.353. The number of halogens is 1. The number of nitrogens with zero attached hydrogens (tertiary/aromatic N) is 2. The Bertz CT molecular complexity index is 735. The van der Waals surface area contributed by atoms with Gasteiger partial charge in [-0.05, 0) is 19.2 Å². The maximum atomic E-state index is 12.3. The number of ether oxygens (including phenoxy) is 1. The second-order valence-corrected chi connectivity index (χ2v) is 5.52. The number of likely N-dealkylation sites (N-methyl/N-ethyl adjacent to an activating group) is 1. The van der Waals surface area contributed by atoms with Gasteiger partial charge in [0, 0.05) is 37.5 Å². The zero-order valence-electron chi connectivity index (χ0n) is 15.0. The van der Waals surface area contributed by atoms with Gasteiger partial charge in [0.1, 0.15) is 18.4 Å². The molecular formula is C17H24ClN5O3. The maximum Gasteiger partial charge on any atom is 0.241 e. The Kier molecular flexibility index (Phi) is 8.60. The average Bonchev–Trinajstić information content (AvgIpc) is 2.98. The molecule has 0 saturated heterocycles. The van der Waals surface area contributed by atoms with Crippen molar-refractivity contribution in [1.82, 2.24) is 20.4 Å². The van der Waals surface area contributed by atoms with Gasteiger partial charge in [-0.1, -0.05) is 6.07 Å². The highest BCUT2D eigenvalue weighted by molar-refractivity contribution is 5.88. The molecule has 0 saturated carbocycles. The van der Waals surface area contributed by atoms with Crippen LogP contribution in [0.2, 0.25) is 0 Å². The van der Waals surface area contributed by atoms with Crippen molar-refractivity contribution < 1.29 is 14.3 Å². The van der Waals surface area contributed by atoms with Gasteiger partial charge in [0.05, 0.1) is 12.7 Å². The number of benzene rings is 1. The van der Waals surface area contributed by atoms with Crippen LogP contribution in [0.25, 0.3) is 0 Å². The van der Waals surface area contributed by atoms with Crippen LogP contribution in [-0.2, 0) is 16.6 Å². The van der Waals surface area contributed by atoms with Crippen LogP contribution in [0.5, 0.6) is 5.75 Å². The van der Waals surface area contributed by atoms with E-state index in [1.165, 1.54) is 6.92 Å². The molecule has 0 radical (unpaired) electrons. The number of anilines is 1. The Morgan fingerprint density at radius 2 is 2.12 bits per heavy atom. The summed E-state index contributed by atoms with van der Waals surface area (Å²) in [5.74, 6) is 0.335. The molecule has 0 aliphatic rings. The molecule has 1 atom stereocenters. The lowest BCUT2D eigenvalue weighted by Crippen LogP contribution is -2.37. The smallest absolute Gasteiger partial charge is 0.241 e. The summed E-state index contributed by atoms with van der Waals surface area (Å²) in [6.07, 6.45) is 3.45. The zero-order valence-corrected chi connectivity index (χ0v) is 15.8. The number of amides is 2. The Labute approximate surface area is 158 Å². The first kappa shape index (κ1) is 21.5. The summed E-state index contributed by atoms with van der Waals surface area (Å²) in [5, 5.41) is 12.6. The molecule has 9 heteroatoms. The molecule has 3 N–H and O–H groups in total. The Morgan fingerprint density at radius 3 is 2.73 bits per heavy atom. The maximum absolute atomic E-state index is 12.3. The first-order chi connectivity index (χ1) is 12.0. The van der Waals surface area contributed by atoms with E-state index in [1.807, 2.05) is 0 Å². The van der Waals surface area contributed by atoms with Crippen molar-refractivity contribution in [2.45, 2.75) is 13.0 Å². The standard InChI is InChI=1S/C17H23N5O3.ClH/c1-12(23)21-14-5-4-6-15(9-14)25-8-7-19-17(24)16(18-2)13-10-20-22(3)11-13;/h4-6,9-11,16,18H,7-8H2,1-3H3,(H,19,24)(H,21,23);1H. The average molecular weight is 382 g/mol. The third-order valence-electron chi connectivity index (χ3n) is 3.43. The molecule has 0 spiro atoms. The number of aromatic nitrogens is 2. The quantitative estimate of drug-likeness (QED) is 0.598. The van der Waals surface area contributed by atoms with E-state index in [9.17, 15) is 9.59 Å². The summed E-state index contributed by atoms with van der Waals surface area (Å²) in [7, 11) is 3.53. The van der Waals surface area contributed by atoms with E-state index in [0.717, 1.165) is 5.56 Å². The first-order valence-corrected chi connectivity index (χ1v) is 7.93. The molecule has 2 aromatic rings. The molecule has 142 valence electrons. The summed E-state index contributed by atoms with van der Waals surface area (Å²) in [6, 6.07) is 6.63. The number of carbonyl (C=O) groups is 2. The minimum Gasteiger partial charge on any atom is -0.492 e. The molecule has 0 aliphatic carbocycles. The van der Waals surface area contributed by atoms with Gasteiger partial charge in [0.25, 0.3) is 0 Å². The lowest BCUT2D eigenvalue weighted by atomic mass is 10.1. The SMILES string of the molecule is CNC(C(=O)NCCOc1cccc(NC(C)=O)c1)c1cnn(C)c1.Cl. The van der Waals surface area contributed by atoms with E-state index < -0.39 is 6.04 Å². The van der Waals surface area contributed by atoms with E-state index in [1.54, 1.807) is 55.4 Å². The van der Waals surface area contributed by atoms with Crippen molar-refractivity contribution in [3.8, 4) is 5.75 Å². The van der Waals surface area contributed by atoms with Gasteiger partial charge in [-0.2, -0.15) is 5.10 Å². The molecule has 1 heterocycles.